The molecule has 6 nitrogen and oxygen atoms in total. The number of Topliss-reactive ketones (excluding diaryl/α,β-unsaturated/α-hetero) is 1. The summed E-state index contributed by atoms with van der Waals surface area (Å²) in [7, 11) is 0. The van der Waals surface area contributed by atoms with Crippen molar-refractivity contribution in [3.05, 3.63) is 11.6 Å². The number of aliphatic hydroxyl groups is 3. The van der Waals surface area contributed by atoms with Gasteiger partial charge in [-0.05, 0) is 67.8 Å². The fourth-order valence-corrected chi connectivity index (χ4v) is 7.16. The predicted molar refractivity (Wildman–Crippen MR) is 95.5 cm³/mol. The van der Waals surface area contributed by atoms with Crippen LogP contribution in [0, 0.1) is 28.6 Å². The number of hydrogen-bond acceptors (Lipinski definition) is 6. The van der Waals surface area contributed by atoms with Gasteiger partial charge in [-0.1, -0.05) is 12.5 Å². The molecule has 3 fully saturated rings. The molecule has 0 spiro atoms. The minimum absolute atomic E-state index is 0.00909. The molecule has 0 amide bonds. The van der Waals surface area contributed by atoms with E-state index in [1.807, 2.05) is 0 Å². The molecule has 7 atom stereocenters. The summed E-state index contributed by atoms with van der Waals surface area (Å²) in [5, 5.41) is 31.6. The van der Waals surface area contributed by atoms with Crippen LogP contribution in [0.3, 0.4) is 0 Å². The van der Waals surface area contributed by atoms with Crippen LogP contribution < -0.4 is 0 Å². The Kier molecular flexibility index (Phi) is 4.26. The number of carbonyl (C=O) groups is 3. The lowest BCUT2D eigenvalue weighted by Gasteiger charge is -2.59. The number of hydrogen-bond donors (Lipinski definition) is 3. The first kappa shape index (κ1) is 19.0. The molecule has 0 aromatic carbocycles. The van der Waals surface area contributed by atoms with Gasteiger partial charge in [0.25, 0.3) is 0 Å². The van der Waals surface area contributed by atoms with Crippen LogP contribution in [-0.4, -0.2) is 51.5 Å². The molecule has 3 N–H and O–H groups in total. The normalized spacial score (nSPS) is 48.9. The monoisotopic (exact) mass is 376 g/mol. The Morgan fingerprint density at radius 3 is 2.70 bits per heavy atom. The summed E-state index contributed by atoms with van der Waals surface area (Å²) in [6, 6.07) is 0. The molecule has 0 saturated heterocycles. The SMILES string of the molecule is C[C@]12CCC(=O)C=C1CC[C@@H]1C2[C@@H](O)C[C@@]2(C=O)[C@H]1CC[C@]2(O)C(=O)CO. The number of ketones is 2. The van der Waals surface area contributed by atoms with Gasteiger partial charge in [-0.2, -0.15) is 0 Å². The maximum absolute atomic E-state index is 12.4. The zero-order chi connectivity index (χ0) is 19.6. The Labute approximate surface area is 158 Å². The third kappa shape index (κ3) is 2.26. The van der Waals surface area contributed by atoms with E-state index >= 15 is 0 Å². The van der Waals surface area contributed by atoms with Crippen LogP contribution in [0.1, 0.15) is 51.9 Å². The molecule has 4 aliphatic carbocycles. The zero-order valence-electron chi connectivity index (χ0n) is 15.7. The Morgan fingerprint density at radius 2 is 2.04 bits per heavy atom. The molecular formula is C21H28O6. The molecule has 6 heteroatoms. The zero-order valence-corrected chi connectivity index (χ0v) is 15.7. The van der Waals surface area contributed by atoms with Crippen LogP contribution in [0.15, 0.2) is 11.6 Å². The van der Waals surface area contributed by atoms with Gasteiger partial charge < -0.3 is 20.1 Å². The molecule has 3 saturated carbocycles. The second kappa shape index (κ2) is 6.06. The Morgan fingerprint density at radius 1 is 1.30 bits per heavy atom. The Bertz CT molecular complexity index is 728. The molecule has 0 aromatic heterocycles. The maximum Gasteiger partial charge on any atom is 0.190 e. The summed E-state index contributed by atoms with van der Waals surface area (Å²) in [6.07, 6.45) is 4.92. The number of rotatable bonds is 3. The minimum Gasteiger partial charge on any atom is -0.393 e. The molecule has 1 unspecified atom stereocenters. The van der Waals surface area contributed by atoms with Gasteiger partial charge in [0.1, 0.15) is 18.5 Å². The topological polar surface area (TPSA) is 112 Å². The van der Waals surface area contributed by atoms with Crippen LogP contribution in [-0.2, 0) is 14.4 Å². The molecule has 0 aliphatic heterocycles. The van der Waals surface area contributed by atoms with Crippen LogP contribution >= 0.6 is 0 Å². The van der Waals surface area contributed by atoms with Gasteiger partial charge in [0.15, 0.2) is 11.6 Å². The second-order valence-corrected chi connectivity index (χ2v) is 9.30. The summed E-state index contributed by atoms with van der Waals surface area (Å²) < 4.78 is 0. The molecule has 0 bridgehead atoms. The average Bonchev–Trinajstić information content (AvgIpc) is 2.95. The molecule has 4 rings (SSSR count). The number of allylic oxidation sites excluding steroid dienone is 1. The predicted octanol–water partition coefficient (Wildman–Crippen LogP) is 0.961. The molecular weight excluding hydrogens is 348 g/mol. The lowest BCUT2D eigenvalue weighted by molar-refractivity contribution is -0.185. The van der Waals surface area contributed by atoms with E-state index in [4.69, 9.17) is 0 Å². The Balaban J connectivity index is 1.77. The number of aliphatic hydroxyl groups excluding tert-OH is 2. The van der Waals surface area contributed by atoms with Crippen molar-refractivity contribution in [1.82, 2.24) is 0 Å². The number of carbonyl (C=O) groups excluding carboxylic acids is 3. The third-order valence-electron chi connectivity index (χ3n) is 8.45. The lowest BCUT2D eigenvalue weighted by Crippen LogP contribution is -2.63. The van der Waals surface area contributed by atoms with Crippen molar-refractivity contribution in [2.45, 2.75) is 63.6 Å². The lowest BCUT2D eigenvalue weighted by atomic mass is 9.45. The molecule has 0 radical (unpaired) electrons. The second-order valence-electron chi connectivity index (χ2n) is 9.30. The summed E-state index contributed by atoms with van der Waals surface area (Å²) in [6.45, 7) is 1.30. The van der Waals surface area contributed by atoms with Gasteiger partial charge in [0.05, 0.1) is 11.5 Å². The quantitative estimate of drug-likeness (QED) is 0.633. The van der Waals surface area contributed by atoms with Crippen molar-refractivity contribution in [3.8, 4) is 0 Å². The van der Waals surface area contributed by atoms with Gasteiger partial charge in [0, 0.05) is 6.42 Å². The molecule has 0 aromatic rings. The smallest absolute Gasteiger partial charge is 0.190 e. The third-order valence-corrected chi connectivity index (χ3v) is 8.45. The van der Waals surface area contributed by atoms with E-state index < -0.39 is 29.5 Å². The van der Waals surface area contributed by atoms with E-state index in [2.05, 4.69) is 6.92 Å². The highest BCUT2D eigenvalue weighted by Gasteiger charge is 2.70. The molecule has 0 heterocycles. The van der Waals surface area contributed by atoms with Crippen molar-refractivity contribution in [3.63, 3.8) is 0 Å². The molecule has 4 aliphatic rings. The first-order chi connectivity index (χ1) is 12.7. The fraction of sp³-hybridized carbons (Fsp3) is 0.762. The standard InChI is InChI=1S/C21H28O6/c1-19-6-4-13(24)8-12(19)2-3-14-15-5-7-21(27,17(26)10-22)20(15,11-23)9-16(25)18(14)19/h8,11,14-16,18,22,25,27H,2-7,9-10H2,1H3/t14-,15-,16-,18?,19-,20+,21-/m0/s1. The van der Waals surface area contributed by atoms with Crippen molar-refractivity contribution >= 4 is 17.9 Å². The maximum atomic E-state index is 12.4. The summed E-state index contributed by atoms with van der Waals surface area (Å²) in [5.41, 5.74) is -2.43. The van der Waals surface area contributed by atoms with Gasteiger partial charge in [-0.25, -0.2) is 0 Å². The summed E-state index contributed by atoms with van der Waals surface area (Å²) in [5.74, 6) is -0.865. The van der Waals surface area contributed by atoms with E-state index in [-0.39, 0.29) is 41.8 Å². The fourth-order valence-electron chi connectivity index (χ4n) is 7.16. The highest BCUT2D eigenvalue weighted by Crippen LogP contribution is 2.67. The van der Waals surface area contributed by atoms with Gasteiger partial charge in [-0.15, -0.1) is 0 Å². The van der Waals surface area contributed by atoms with E-state index in [1.165, 1.54) is 0 Å². The van der Waals surface area contributed by atoms with Crippen molar-refractivity contribution < 1.29 is 29.7 Å². The first-order valence-corrected chi connectivity index (χ1v) is 9.98. The van der Waals surface area contributed by atoms with Crippen LogP contribution in [0.2, 0.25) is 0 Å². The highest BCUT2D eigenvalue weighted by molar-refractivity contribution is 5.93. The van der Waals surface area contributed by atoms with E-state index in [0.29, 0.717) is 25.5 Å². The van der Waals surface area contributed by atoms with Gasteiger partial charge >= 0.3 is 0 Å². The largest absolute Gasteiger partial charge is 0.393 e. The van der Waals surface area contributed by atoms with Crippen molar-refractivity contribution in [2.75, 3.05) is 6.61 Å². The molecule has 27 heavy (non-hydrogen) atoms. The number of fused-ring (bicyclic) bond motifs is 5. The van der Waals surface area contributed by atoms with E-state index in [1.54, 1.807) is 6.08 Å². The van der Waals surface area contributed by atoms with E-state index in [9.17, 15) is 29.7 Å². The summed E-state index contributed by atoms with van der Waals surface area (Å²) >= 11 is 0. The van der Waals surface area contributed by atoms with Gasteiger partial charge in [-0.3, -0.25) is 9.59 Å². The highest BCUT2D eigenvalue weighted by atomic mass is 16.3. The Hall–Kier alpha value is -1.37. The van der Waals surface area contributed by atoms with Gasteiger partial charge in [0.2, 0.25) is 0 Å². The molecule has 148 valence electrons. The van der Waals surface area contributed by atoms with Crippen molar-refractivity contribution in [1.29, 1.82) is 0 Å². The van der Waals surface area contributed by atoms with E-state index in [0.717, 1.165) is 18.4 Å². The van der Waals surface area contributed by atoms with Crippen LogP contribution in [0.25, 0.3) is 0 Å². The van der Waals surface area contributed by atoms with Crippen molar-refractivity contribution in [2.24, 2.45) is 28.6 Å². The average molecular weight is 376 g/mol. The number of aldehydes is 1. The first-order valence-electron chi connectivity index (χ1n) is 9.98. The van der Waals surface area contributed by atoms with Crippen LogP contribution in [0.4, 0.5) is 0 Å². The van der Waals surface area contributed by atoms with Crippen LogP contribution in [0.5, 0.6) is 0 Å². The minimum atomic E-state index is -1.90. The summed E-state index contributed by atoms with van der Waals surface area (Å²) in [4.78, 5) is 36.5.